The molecule has 3 N–H and O–H groups in total. The molecule has 5 nitrogen and oxygen atoms in total. The molecule has 0 spiro atoms. The molecule has 14 heavy (non-hydrogen) atoms. The second-order valence-electron chi connectivity index (χ2n) is 4.21. The molecule has 1 fully saturated rings. The molecule has 78 valence electrons. The smallest absolute Gasteiger partial charge is 0.246 e. The SMILES string of the molecule is CC1CCN(c2n[nH]c(N)n2)CC1C. The molecule has 0 amide bonds. The highest BCUT2D eigenvalue weighted by Crippen LogP contribution is 2.24. The summed E-state index contributed by atoms with van der Waals surface area (Å²) in [6.07, 6.45) is 1.20. The van der Waals surface area contributed by atoms with Crippen molar-refractivity contribution in [3.8, 4) is 0 Å². The van der Waals surface area contributed by atoms with Crippen LogP contribution in [0.25, 0.3) is 0 Å². The predicted molar refractivity (Wildman–Crippen MR) is 56.0 cm³/mol. The Hall–Kier alpha value is -1.26. The summed E-state index contributed by atoms with van der Waals surface area (Å²) in [4.78, 5) is 6.32. The van der Waals surface area contributed by atoms with Crippen molar-refractivity contribution in [3.05, 3.63) is 0 Å². The van der Waals surface area contributed by atoms with Crippen molar-refractivity contribution in [2.75, 3.05) is 23.7 Å². The molecule has 0 aromatic carbocycles. The number of aromatic nitrogens is 3. The number of piperidine rings is 1. The topological polar surface area (TPSA) is 70.8 Å². The molecule has 1 aliphatic heterocycles. The van der Waals surface area contributed by atoms with Gasteiger partial charge in [-0.15, -0.1) is 5.10 Å². The molecule has 2 heterocycles. The third-order valence-corrected chi connectivity index (χ3v) is 3.11. The number of nitrogen functional groups attached to an aromatic ring is 1. The number of nitrogens with one attached hydrogen (secondary N) is 1. The first kappa shape index (κ1) is 9.30. The van der Waals surface area contributed by atoms with Crippen LogP contribution in [0.15, 0.2) is 0 Å². The molecular weight excluding hydrogens is 178 g/mol. The molecule has 0 saturated carbocycles. The van der Waals surface area contributed by atoms with E-state index in [4.69, 9.17) is 5.73 Å². The van der Waals surface area contributed by atoms with Gasteiger partial charge >= 0.3 is 0 Å². The van der Waals surface area contributed by atoms with E-state index < -0.39 is 0 Å². The van der Waals surface area contributed by atoms with Gasteiger partial charge in [0.2, 0.25) is 11.9 Å². The van der Waals surface area contributed by atoms with Crippen molar-refractivity contribution in [1.82, 2.24) is 15.2 Å². The summed E-state index contributed by atoms with van der Waals surface area (Å²) in [5.74, 6) is 2.62. The van der Waals surface area contributed by atoms with Crippen molar-refractivity contribution in [2.24, 2.45) is 11.8 Å². The lowest BCUT2D eigenvalue weighted by Crippen LogP contribution is -2.39. The molecule has 1 aliphatic rings. The van der Waals surface area contributed by atoms with Gasteiger partial charge in [-0.1, -0.05) is 13.8 Å². The van der Waals surface area contributed by atoms with E-state index in [2.05, 4.69) is 33.9 Å². The maximum atomic E-state index is 5.49. The molecule has 0 bridgehead atoms. The van der Waals surface area contributed by atoms with Crippen molar-refractivity contribution < 1.29 is 0 Å². The van der Waals surface area contributed by atoms with Crippen molar-refractivity contribution >= 4 is 11.9 Å². The molecule has 0 radical (unpaired) electrons. The molecule has 1 aromatic rings. The van der Waals surface area contributed by atoms with Crippen LogP contribution in [-0.4, -0.2) is 28.3 Å². The minimum absolute atomic E-state index is 0.395. The summed E-state index contributed by atoms with van der Waals surface area (Å²) in [5.41, 5.74) is 5.49. The van der Waals surface area contributed by atoms with Crippen LogP contribution in [0.4, 0.5) is 11.9 Å². The van der Waals surface area contributed by atoms with Gasteiger partial charge in [0, 0.05) is 13.1 Å². The molecule has 2 unspecified atom stereocenters. The second-order valence-corrected chi connectivity index (χ2v) is 4.21. The number of aromatic amines is 1. The number of nitrogens with two attached hydrogens (primary N) is 1. The number of H-pyrrole nitrogens is 1. The van der Waals surface area contributed by atoms with Crippen LogP contribution in [0.2, 0.25) is 0 Å². The van der Waals surface area contributed by atoms with Gasteiger partial charge in [-0.05, 0) is 18.3 Å². The van der Waals surface area contributed by atoms with Crippen LogP contribution in [-0.2, 0) is 0 Å². The monoisotopic (exact) mass is 195 g/mol. The summed E-state index contributed by atoms with van der Waals surface area (Å²) in [6, 6.07) is 0. The van der Waals surface area contributed by atoms with Crippen LogP contribution >= 0.6 is 0 Å². The third kappa shape index (κ3) is 1.66. The Morgan fingerprint density at radius 3 is 2.79 bits per heavy atom. The van der Waals surface area contributed by atoms with Gasteiger partial charge in [-0.2, -0.15) is 4.98 Å². The Morgan fingerprint density at radius 1 is 1.43 bits per heavy atom. The summed E-state index contributed by atoms with van der Waals surface area (Å²) in [5, 5.41) is 6.73. The summed E-state index contributed by atoms with van der Waals surface area (Å²) >= 11 is 0. The van der Waals surface area contributed by atoms with Gasteiger partial charge in [0.25, 0.3) is 0 Å². The highest BCUT2D eigenvalue weighted by atomic mass is 15.4. The van der Waals surface area contributed by atoms with Crippen molar-refractivity contribution in [3.63, 3.8) is 0 Å². The molecule has 1 aromatic heterocycles. The largest absolute Gasteiger partial charge is 0.368 e. The number of anilines is 2. The molecular formula is C9H17N5. The number of rotatable bonds is 1. The Bertz CT molecular complexity index is 308. The van der Waals surface area contributed by atoms with E-state index in [1.807, 2.05) is 0 Å². The number of nitrogens with zero attached hydrogens (tertiary/aromatic N) is 3. The molecule has 2 rings (SSSR count). The van der Waals surface area contributed by atoms with Gasteiger partial charge in [0.05, 0.1) is 0 Å². The van der Waals surface area contributed by atoms with E-state index in [1.165, 1.54) is 6.42 Å². The fourth-order valence-electron chi connectivity index (χ4n) is 1.85. The first-order valence-corrected chi connectivity index (χ1v) is 5.09. The average molecular weight is 195 g/mol. The molecule has 5 heteroatoms. The minimum Gasteiger partial charge on any atom is -0.368 e. The standard InChI is InChI=1S/C9H17N5/c1-6-3-4-14(5-7(6)2)9-11-8(10)12-13-9/h6-7H,3-5H2,1-2H3,(H3,10,11,12,13). The molecule has 1 saturated heterocycles. The maximum absolute atomic E-state index is 5.49. The van der Waals surface area contributed by atoms with Crippen LogP contribution in [0.5, 0.6) is 0 Å². The lowest BCUT2D eigenvalue weighted by molar-refractivity contribution is 0.321. The van der Waals surface area contributed by atoms with E-state index in [1.54, 1.807) is 0 Å². The number of hydrogen-bond acceptors (Lipinski definition) is 4. The van der Waals surface area contributed by atoms with Crippen LogP contribution in [0.1, 0.15) is 20.3 Å². The fraction of sp³-hybridized carbons (Fsp3) is 0.778. The zero-order valence-electron chi connectivity index (χ0n) is 8.70. The quantitative estimate of drug-likeness (QED) is 0.697. The predicted octanol–water partition coefficient (Wildman–Crippen LogP) is 0.869. The first-order valence-electron chi connectivity index (χ1n) is 5.09. The lowest BCUT2D eigenvalue weighted by atomic mass is 9.89. The third-order valence-electron chi connectivity index (χ3n) is 3.11. The Morgan fingerprint density at radius 2 is 2.21 bits per heavy atom. The van der Waals surface area contributed by atoms with Gasteiger partial charge in [-0.3, -0.25) is 0 Å². The van der Waals surface area contributed by atoms with E-state index in [0.29, 0.717) is 11.9 Å². The van der Waals surface area contributed by atoms with Crippen molar-refractivity contribution in [2.45, 2.75) is 20.3 Å². The van der Waals surface area contributed by atoms with Gasteiger partial charge < -0.3 is 10.6 Å². The van der Waals surface area contributed by atoms with Gasteiger partial charge in [-0.25, -0.2) is 5.10 Å². The maximum Gasteiger partial charge on any atom is 0.246 e. The number of hydrogen-bond donors (Lipinski definition) is 2. The van der Waals surface area contributed by atoms with Crippen LogP contribution < -0.4 is 10.6 Å². The van der Waals surface area contributed by atoms with Crippen molar-refractivity contribution in [1.29, 1.82) is 0 Å². The highest BCUT2D eigenvalue weighted by molar-refractivity contribution is 5.34. The summed E-state index contributed by atoms with van der Waals surface area (Å²) in [6.45, 7) is 6.63. The van der Waals surface area contributed by atoms with E-state index in [0.717, 1.165) is 25.0 Å². The second kappa shape index (κ2) is 3.48. The zero-order valence-corrected chi connectivity index (χ0v) is 8.70. The van der Waals surface area contributed by atoms with Gasteiger partial charge in [0.15, 0.2) is 0 Å². The summed E-state index contributed by atoms with van der Waals surface area (Å²) < 4.78 is 0. The van der Waals surface area contributed by atoms with E-state index >= 15 is 0 Å². The lowest BCUT2D eigenvalue weighted by Gasteiger charge is -2.34. The van der Waals surface area contributed by atoms with Gasteiger partial charge in [0.1, 0.15) is 0 Å². The first-order chi connectivity index (χ1) is 6.66. The summed E-state index contributed by atoms with van der Waals surface area (Å²) in [7, 11) is 0. The van der Waals surface area contributed by atoms with Crippen LogP contribution in [0, 0.1) is 11.8 Å². The average Bonchev–Trinajstić information content (AvgIpc) is 2.57. The van der Waals surface area contributed by atoms with E-state index in [-0.39, 0.29) is 0 Å². The molecule has 2 atom stereocenters. The fourth-order valence-corrected chi connectivity index (χ4v) is 1.85. The zero-order chi connectivity index (χ0) is 10.1. The normalized spacial score (nSPS) is 28.0. The minimum atomic E-state index is 0.395. The Labute approximate surface area is 83.7 Å². The Kier molecular flexibility index (Phi) is 2.31. The highest BCUT2D eigenvalue weighted by Gasteiger charge is 2.24. The Balaban J connectivity index is 2.06. The van der Waals surface area contributed by atoms with Crippen LogP contribution in [0.3, 0.4) is 0 Å². The van der Waals surface area contributed by atoms with E-state index in [9.17, 15) is 0 Å². The molecule has 0 aliphatic carbocycles.